The Morgan fingerprint density at radius 2 is 2.16 bits per heavy atom. The van der Waals surface area contributed by atoms with Crippen molar-refractivity contribution in [3.63, 3.8) is 0 Å². The average molecular weight is 337 g/mol. The Morgan fingerprint density at radius 1 is 1.37 bits per heavy atom. The van der Waals surface area contributed by atoms with Gasteiger partial charge in [0.05, 0.1) is 16.7 Å². The van der Waals surface area contributed by atoms with Gasteiger partial charge in [-0.3, -0.25) is 0 Å². The van der Waals surface area contributed by atoms with Crippen molar-refractivity contribution < 1.29 is 0 Å². The van der Waals surface area contributed by atoms with Gasteiger partial charge >= 0.3 is 0 Å². The van der Waals surface area contributed by atoms with Gasteiger partial charge in [0.15, 0.2) is 0 Å². The molecule has 2 nitrogen and oxygen atoms in total. The highest BCUT2D eigenvalue weighted by molar-refractivity contribution is 9.10. The van der Waals surface area contributed by atoms with Gasteiger partial charge in [0.25, 0.3) is 0 Å². The molecule has 1 atom stereocenters. The minimum atomic E-state index is 0.457. The molecule has 100 valence electrons. The number of aromatic nitrogens is 1. The summed E-state index contributed by atoms with van der Waals surface area (Å²) in [5, 5.41) is 4.63. The fourth-order valence-electron chi connectivity index (χ4n) is 2.60. The van der Waals surface area contributed by atoms with Crippen LogP contribution < -0.4 is 5.32 Å². The zero-order valence-corrected chi connectivity index (χ0v) is 13.4. The number of halogens is 1. The van der Waals surface area contributed by atoms with E-state index >= 15 is 0 Å². The van der Waals surface area contributed by atoms with Crippen molar-refractivity contribution in [3.05, 3.63) is 49.9 Å². The van der Waals surface area contributed by atoms with Gasteiger partial charge in [-0.2, -0.15) is 0 Å². The van der Waals surface area contributed by atoms with E-state index in [0.717, 1.165) is 10.9 Å². The fourth-order valence-corrected chi connectivity index (χ4v) is 4.07. The van der Waals surface area contributed by atoms with Crippen LogP contribution in [0.5, 0.6) is 0 Å². The van der Waals surface area contributed by atoms with Crippen LogP contribution in [0.25, 0.3) is 0 Å². The van der Waals surface area contributed by atoms with Gasteiger partial charge in [-0.05, 0) is 44.0 Å². The number of benzene rings is 1. The molecule has 1 N–H and O–H groups in total. The molecule has 1 unspecified atom stereocenters. The van der Waals surface area contributed by atoms with Crippen molar-refractivity contribution in [3.8, 4) is 0 Å². The summed E-state index contributed by atoms with van der Waals surface area (Å²) in [7, 11) is 2.04. The van der Waals surface area contributed by atoms with Crippen molar-refractivity contribution in [2.45, 2.75) is 31.7 Å². The summed E-state index contributed by atoms with van der Waals surface area (Å²) in [6, 6.07) is 8.98. The molecular formula is C15H17BrN2S. The van der Waals surface area contributed by atoms with Crippen LogP contribution in [0.15, 0.2) is 28.7 Å². The molecule has 0 saturated carbocycles. The van der Waals surface area contributed by atoms with Gasteiger partial charge in [-0.1, -0.05) is 28.1 Å². The Morgan fingerprint density at radius 3 is 2.89 bits per heavy atom. The highest BCUT2D eigenvalue weighted by atomic mass is 79.9. The Kier molecular flexibility index (Phi) is 4.01. The quantitative estimate of drug-likeness (QED) is 0.912. The van der Waals surface area contributed by atoms with Gasteiger partial charge in [0, 0.05) is 15.8 Å². The van der Waals surface area contributed by atoms with Crippen LogP contribution in [-0.2, 0) is 12.8 Å². The maximum absolute atomic E-state index is 4.87. The second kappa shape index (κ2) is 5.73. The molecule has 0 radical (unpaired) electrons. The van der Waals surface area contributed by atoms with Crippen LogP contribution in [0.4, 0.5) is 0 Å². The minimum absolute atomic E-state index is 0.457. The number of fused-ring (bicyclic) bond motifs is 1. The van der Waals surface area contributed by atoms with Crippen LogP contribution >= 0.6 is 27.3 Å². The molecule has 19 heavy (non-hydrogen) atoms. The topological polar surface area (TPSA) is 24.9 Å². The van der Waals surface area contributed by atoms with Gasteiger partial charge in [0.1, 0.15) is 0 Å². The monoisotopic (exact) mass is 336 g/mol. The van der Waals surface area contributed by atoms with E-state index in [1.807, 2.05) is 18.4 Å². The Balaban J connectivity index is 1.82. The molecule has 0 saturated heterocycles. The highest BCUT2D eigenvalue weighted by Gasteiger charge is 2.23. The van der Waals surface area contributed by atoms with Gasteiger partial charge < -0.3 is 5.32 Å². The van der Waals surface area contributed by atoms with E-state index in [-0.39, 0.29) is 0 Å². The SMILES string of the molecule is CNC1CCCc2sc(Cc3ccc(Br)cc3)nc21. The molecule has 0 fully saturated rings. The smallest absolute Gasteiger partial charge is 0.0975 e. The van der Waals surface area contributed by atoms with E-state index in [1.165, 1.54) is 40.4 Å². The predicted molar refractivity (Wildman–Crippen MR) is 83.8 cm³/mol. The zero-order valence-electron chi connectivity index (χ0n) is 10.9. The molecule has 1 aliphatic rings. The summed E-state index contributed by atoms with van der Waals surface area (Å²) in [6.45, 7) is 0. The first-order valence-electron chi connectivity index (χ1n) is 6.66. The molecule has 0 amide bonds. The van der Waals surface area contributed by atoms with E-state index in [9.17, 15) is 0 Å². The largest absolute Gasteiger partial charge is 0.312 e. The van der Waals surface area contributed by atoms with Crippen molar-refractivity contribution in [1.82, 2.24) is 10.3 Å². The number of nitrogens with zero attached hydrogens (tertiary/aromatic N) is 1. The molecule has 4 heteroatoms. The molecule has 3 rings (SSSR count). The van der Waals surface area contributed by atoms with Crippen molar-refractivity contribution >= 4 is 27.3 Å². The lowest BCUT2D eigenvalue weighted by molar-refractivity contribution is 0.489. The molecular weight excluding hydrogens is 320 g/mol. The molecule has 0 aliphatic heterocycles. The number of rotatable bonds is 3. The van der Waals surface area contributed by atoms with E-state index < -0.39 is 0 Å². The number of aryl methyl sites for hydroxylation is 1. The fraction of sp³-hybridized carbons (Fsp3) is 0.400. The third-order valence-corrected chi connectivity index (χ3v) is 5.28. The zero-order chi connectivity index (χ0) is 13.2. The molecule has 1 aromatic heterocycles. The van der Waals surface area contributed by atoms with Crippen LogP contribution in [0.3, 0.4) is 0 Å². The van der Waals surface area contributed by atoms with Gasteiger partial charge in [-0.15, -0.1) is 11.3 Å². The highest BCUT2D eigenvalue weighted by Crippen LogP contribution is 2.33. The third kappa shape index (κ3) is 2.91. The van der Waals surface area contributed by atoms with Crippen LogP contribution in [0.2, 0.25) is 0 Å². The first-order valence-corrected chi connectivity index (χ1v) is 8.27. The van der Waals surface area contributed by atoms with Crippen molar-refractivity contribution in [2.24, 2.45) is 0 Å². The summed E-state index contributed by atoms with van der Waals surface area (Å²) in [4.78, 5) is 6.35. The Bertz CT molecular complexity index is 562. The van der Waals surface area contributed by atoms with E-state index in [0.29, 0.717) is 6.04 Å². The van der Waals surface area contributed by atoms with E-state index in [2.05, 4.69) is 45.5 Å². The molecule has 1 aliphatic carbocycles. The number of hydrogen-bond donors (Lipinski definition) is 1. The lowest BCUT2D eigenvalue weighted by Gasteiger charge is -2.19. The molecule has 1 aromatic carbocycles. The van der Waals surface area contributed by atoms with Crippen LogP contribution in [0.1, 0.15) is 40.0 Å². The lowest BCUT2D eigenvalue weighted by Crippen LogP contribution is -2.21. The molecule has 2 aromatic rings. The maximum Gasteiger partial charge on any atom is 0.0975 e. The summed E-state index contributed by atoms with van der Waals surface area (Å²) < 4.78 is 1.13. The van der Waals surface area contributed by atoms with Crippen LogP contribution in [0, 0.1) is 0 Å². The average Bonchev–Trinajstić information content (AvgIpc) is 2.83. The lowest BCUT2D eigenvalue weighted by atomic mass is 9.98. The van der Waals surface area contributed by atoms with Gasteiger partial charge in [0.2, 0.25) is 0 Å². The summed E-state index contributed by atoms with van der Waals surface area (Å²) in [5.74, 6) is 0. The maximum atomic E-state index is 4.87. The van der Waals surface area contributed by atoms with Crippen molar-refractivity contribution in [2.75, 3.05) is 7.05 Å². The normalized spacial score (nSPS) is 18.3. The first kappa shape index (κ1) is 13.3. The summed E-state index contributed by atoms with van der Waals surface area (Å²) >= 11 is 5.36. The predicted octanol–water partition coefficient (Wildman–Crippen LogP) is 4.09. The Hall–Kier alpha value is -0.710. The number of hydrogen-bond acceptors (Lipinski definition) is 3. The first-order chi connectivity index (χ1) is 9.26. The minimum Gasteiger partial charge on any atom is -0.312 e. The Labute approximate surface area is 126 Å². The standard InChI is InChI=1S/C15H17BrN2S/c1-17-12-3-2-4-13-15(12)18-14(19-13)9-10-5-7-11(16)8-6-10/h5-8,12,17H,2-4,9H2,1H3. The van der Waals surface area contributed by atoms with E-state index in [4.69, 9.17) is 4.98 Å². The summed E-state index contributed by atoms with van der Waals surface area (Å²) in [6.07, 6.45) is 4.64. The van der Waals surface area contributed by atoms with Gasteiger partial charge in [-0.25, -0.2) is 4.98 Å². The second-order valence-corrected chi connectivity index (χ2v) is 7.04. The third-order valence-electron chi connectivity index (χ3n) is 3.62. The van der Waals surface area contributed by atoms with Crippen molar-refractivity contribution in [1.29, 1.82) is 0 Å². The summed E-state index contributed by atoms with van der Waals surface area (Å²) in [5.41, 5.74) is 2.63. The molecule has 0 spiro atoms. The number of thiazole rings is 1. The molecule has 0 bridgehead atoms. The molecule has 1 heterocycles. The number of nitrogens with one attached hydrogen (secondary N) is 1. The van der Waals surface area contributed by atoms with Crippen LogP contribution in [-0.4, -0.2) is 12.0 Å². The second-order valence-electron chi connectivity index (χ2n) is 4.95. The van der Waals surface area contributed by atoms with E-state index in [1.54, 1.807) is 0 Å².